The van der Waals surface area contributed by atoms with E-state index in [0.717, 1.165) is 19.5 Å². The molecular weight excluding hydrogens is 246 g/mol. The molecule has 0 aliphatic carbocycles. The van der Waals surface area contributed by atoms with Crippen LogP contribution in [0.2, 0.25) is 0 Å². The van der Waals surface area contributed by atoms with Crippen LogP contribution in [0.3, 0.4) is 0 Å². The molecule has 1 aliphatic heterocycles. The van der Waals surface area contributed by atoms with Crippen LogP contribution in [0.1, 0.15) is 24.8 Å². The first-order valence-corrected chi connectivity index (χ1v) is 6.33. The van der Waals surface area contributed by atoms with Gasteiger partial charge in [-0.25, -0.2) is 0 Å². The van der Waals surface area contributed by atoms with Crippen LogP contribution in [0, 0.1) is 10.1 Å². The van der Waals surface area contributed by atoms with Crippen LogP contribution < -0.4 is 10.6 Å². The number of carbonyl (C=O) groups is 1. The van der Waals surface area contributed by atoms with Crippen molar-refractivity contribution in [1.82, 2.24) is 10.6 Å². The lowest BCUT2D eigenvalue weighted by Gasteiger charge is -2.16. The summed E-state index contributed by atoms with van der Waals surface area (Å²) in [4.78, 5) is 22.3. The fraction of sp³-hybridized carbons (Fsp3) is 0.462. The Kier molecular flexibility index (Phi) is 4.11. The zero-order valence-electron chi connectivity index (χ0n) is 10.8. The van der Waals surface area contributed by atoms with Crippen LogP contribution in [0.4, 0.5) is 5.69 Å². The topological polar surface area (TPSA) is 84.3 Å². The van der Waals surface area contributed by atoms with Crippen molar-refractivity contribution in [2.45, 2.75) is 25.3 Å². The van der Waals surface area contributed by atoms with Crippen LogP contribution in [-0.4, -0.2) is 30.0 Å². The Morgan fingerprint density at radius 1 is 1.58 bits per heavy atom. The fourth-order valence-electron chi connectivity index (χ4n) is 2.16. The molecular formula is C13H17N3O3. The van der Waals surface area contributed by atoms with Crippen LogP contribution in [0.15, 0.2) is 24.3 Å². The van der Waals surface area contributed by atoms with Gasteiger partial charge in [0.1, 0.15) is 0 Å². The Labute approximate surface area is 111 Å². The number of benzene rings is 1. The second-order valence-electron chi connectivity index (χ2n) is 4.77. The molecule has 1 aliphatic rings. The number of nitrogens with zero attached hydrogens (tertiary/aromatic N) is 1. The van der Waals surface area contributed by atoms with E-state index < -0.39 is 4.92 Å². The maximum absolute atomic E-state index is 12.1. The Balaban J connectivity index is 2.05. The third-order valence-electron chi connectivity index (χ3n) is 3.38. The van der Waals surface area contributed by atoms with E-state index in [1.165, 1.54) is 12.1 Å². The van der Waals surface area contributed by atoms with E-state index in [1.807, 2.05) is 0 Å². The van der Waals surface area contributed by atoms with Gasteiger partial charge < -0.3 is 10.6 Å². The number of hydrogen-bond donors (Lipinski definition) is 2. The molecule has 6 heteroatoms. The zero-order valence-corrected chi connectivity index (χ0v) is 10.8. The predicted octanol–water partition coefficient (Wildman–Crippen LogP) is 1.18. The summed E-state index contributed by atoms with van der Waals surface area (Å²) in [6.45, 7) is 3.46. The normalized spacial score (nSPS) is 19.9. The zero-order chi connectivity index (χ0) is 13.8. The second-order valence-corrected chi connectivity index (χ2v) is 4.77. The van der Waals surface area contributed by atoms with Crippen molar-refractivity contribution in [1.29, 1.82) is 0 Å². The maximum atomic E-state index is 12.1. The average molecular weight is 263 g/mol. The van der Waals surface area contributed by atoms with E-state index in [9.17, 15) is 14.9 Å². The molecule has 1 saturated heterocycles. The molecule has 2 atom stereocenters. The van der Waals surface area contributed by atoms with Crippen molar-refractivity contribution in [2.75, 3.05) is 13.1 Å². The first kappa shape index (κ1) is 13.5. The highest BCUT2D eigenvalue weighted by Crippen LogP contribution is 2.21. The van der Waals surface area contributed by atoms with E-state index >= 15 is 0 Å². The van der Waals surface area contributed by atoms with Crippen LogP contribution in [0.5, 0.6) is 0 Å². The fourth-order valence-corrected chi connectivity index (χ4v) is 2.16. The molecule has 1 aromatic carbocycles. The molecule has 19 heavy (non-hydrogen) atoms. The molecule has 2 rings (SSSR count). The highest BCUT2D eigenvalue weighted by Gasteiger charge is 2.22. The minimum Gasteiger partial charge on any atom is -0.352 e. The first-order chi connectivity index (χ1) is 9.08. The van der Waals surface area contributed by atoms with E-state index in [2.05, 4.69) is 10.6 Å². The Morgan fingerprint density at radius 2 is 2.37 bits per heavy atom. The summed E-state index contributed by atoms with van der Waals surface area (Å²) in [5.41, 5.74) is 0.678. The van der Waals surface area contributed by atoms with Gasteiger partial charge in [-0.1, -0.05) is 12.1 Å². The van der Waals surface area contributed by atoms with Gasteiger partial charge in [0.25, 0.3) is 5.69 Å². The standard InChI is InChI=1S/C13H17N3O3/c1-9(13(17)15-11-5-6-14-8-11)10-3-2-4-12(7-10)16(18)19/h2-4,7,9,11,14H,5-6,8H2,1H3,(H,15,17)/t9?,11-/m0/s1. The van der Waals surface area contributed by atoms with E-state index in [1.54, 1.807) is 19.1 Å². The lowest BCUT2D eigenvalue weighted by Crippen LogP contribution is -2.38. The molecule has 0 radical (unpaired) electrons. The quantitative estimate of drug-likeness (QED) is 0.631. The largest absolute Gasteiger partial charge is 0.352 e. The van der Waals surface area contributed by atoms with Crippen LogP contribution >= 0.6 is 0 Å². The number of nitro benzene ring substituents is 1. The lowest BCUT2D eigenvalue weighted by molar-refractivity contribution is -0.384. The van der Waals surface area contributed by atoms with Crippen molar-refractivity contribution in [3.63, 3.8) is 0 Å². The summed E-state index contributed by atoms with van der Waals surface area (Å²) >= 11 is 0. The second kappa shape index (κ2) is 5.79. The monoisotopic (exact) mass is 263 g/mol. The van der Waals surface area contributed by atoms with E-state index in [4.69, 9.17) is 0 Å². The number of carbonyl (C=O) groups excluding carboxylic acids is 1. The van der Waals surface area contributed by atoms with Gasteiger partial charge in [0, 0.05) is 24.7 Å². The third kappa shape index (κ3) is 3.29. The first-order valence-electron chi connectivity index (χ1n) is 6.33. The smallest absolute Gasteiger partial charge is 0.269 e. The molecule has 102 valence electrons. The molecule has 6 nitrogen and oxygen atoms in total. The minimum atomic E-state index is -0.449. The highest BCUT2D eigenvalue weighted by atomic mass is 16.6. The molecule has 0 saturated carbocycles. The van der Waals surface area contributed by atoms with Gasteiger partial charge in [-0.2, -0.15) is 0 Å². The maximum Gasteiger partial charge on any atom is 0.269 e. The average Bonchev–Trinajstić information content (AvgIpc) is 2.90. The molecule has 2 N–H and O–H groups in total. The molecule has 1 amide bonds. The Hall–Kier alpha value is -1.95. The summed E-state index contributed by atoms with van der Waals surface area (Å²) in [5, 5.41) is 16.9. The van der Waals surface area contributed by atoms with Crippen molar-refractivity contribution < 1.29 is 9.72 Å². The predicted molar refractivity (Wildman–Crippen MR) is 70.9 cm³/mol. The number of rotatable bonds is 4. The molecule has 1 heterocycles. The third-order valence-corrected chi connectivity index (χ3v) is 3.38. The van der Waals surface area contributed by atoms with E-state index in [-0.39, 0.29) is 23.6 Å². The van der Waals surface area contributed by atoms with Crippen LogP contribution in [0.25, 0.3) is 0 Å². The molecule has 1 unspecified atom stereocenters. The minimum absolute atomic E-state index is 0.0136. The number of hydrogen-bond acceptors (Lipinski definition) is 4. The summed E-state index contributed by atoms with van der Waals surface area (Å²) in [7, 11) is 0. The van der Waals surface area contributed by atoms with Crippen molar-refractivity contribution in [2.24, 2.45) is 0 Å². The number of non-ortho nitro benzene ring substituents is 1. The highest BCUT2D eigenvalue weighted by molar-refractivity contribution is 5.83. The van der Waals surface area contributed by atoms with Crippen molar-refractivity contribution in [3.8, 4) is 0 Å². The number of nitro groups is 1. The Morgan fingerprint density at radius 3 is 3.00 bits per heavy atom. The number of nitrogens with one attached hydrogen (secondary N) is 2. The molecule has 1 fully saturated rings. The van der Waals surface area contributed by atoms with Crippen molar-refractivity contribution >= 4 is 11.6 Å². The SMILES string of the molecule is CC(C(=O)N[C@H]1CCNC1)c1cccc([N+](=O)[O-])c1. The van der Waals surface area contributed by atoms with Gasteiger partial charge >= 0.3 is 0 Å². The molecule has 0 spiro atoms. The van der Waals surface area contributed by atoms with Gasteiger partial charge in [0.2, 0.25) is 5.91 Å². The summed E-state index contributed by atoms with van der Waals surface area (Å²) in [5.74, 6) is -0.477. The summed E-state index contributed by atoms with van der Waals surface area (Å²) in [6, 6.07) is 6.39. The lowest BCUT2D eigenvalue weighted by atomic mass is 9.99. The van der Waals surface area contributed by atoms with Gasteiger partial charge in [-0.15, -0.1) is 0 Å². The van der Waals surface area contributed by atoms with Gasteiger partial charge in [0.15, 0.2) is 0 Å². The molecule has 1 aromatic rings. The number of amides is 1. The van der Waals surface area contributed by atoms with E-state index in [0.29, 0.717) is 5.56 Å². The van der Waals surface area contributed by atoms with Crippen LogP contribution in [-0.2, 0) is 4.79 Å². The van der Waals surface area contributed by atoms with Gasteiger partial charge in [-0.3, -0.25) is 14.9 Å². The molecule has 0 bridgehead atoms. The van der Waals surface area contributed by atoms with Gasteiger partial charge in [-0.05, 0) is 25.5 Å². The summed E-state index contributed by atoms with van der Waals surface area (Å²) < 4.78 is 0. The summed E-state index contributed by atoms with van der Waals surface area (Å²) in [6.07, 6.45) is 0.924. The Bertz CT molecular complexity index is 484. The van der Waals surface area contributed by atoms with Crippen molar-refractivity contribution in [3.05, 3.63) is 39.9 Å². The van der Waals surface area contributed by atoms with Gasteiger partial charge in [0.05, 0.1) is 10.8 Å². The molecule has 0 aromatic heterocycles.